The van der Waals surface area contributed by atoms with E-state index in [0.717, 1.165) is 12.1 Å². The average Bonchev–Trinajstić information content (AvgIpc) is 2.91. The number of aromatic carboxylic acids is 1. The van der Waals surface area contributed by atoms with Crippen molar-refractivity contribution in [1.82, 2.24) is 0 Å². The highest BCUT2D eigenvalue weighted by atomic mass is 19.4. The minimum Gasteiger partial charge on any atom is -0.485 e. The zero-order valence-electron chi connectivity index (χ0n) is 19.6. The molecular weight excluding hydrogens is 501 g/mol. The maximum atomic E-state index is 13.4. The number of Topliss-reactive ketones (excluding diaryl/α,β-unsaturated/α-hetero) is 1. The van der Waals surface area contributed by atoms with Crippen molar-refractivity contribution in [2.45, 2.75) is 6.18 Å². The molecule has 4 aromatic carbocycles. The zero-order valence-corrected chi connectivity index (χ0v) is 19.6. The Bertz CT molecular complexity index is 1510. The van der Waals surface area contributed by atoms with Crippen molar-refractivity contribution in [1.29, 1.82) is 0 Å². The van der Waals surface area contributed by atoms with Gasteiger partial charge in [-0.15, -0.1) is 0 Å². The number of benzene rings is 4. The van der Waals surface area contributed by atoms with E-state index in [9.17, 15) is 32.7 Å². The molecule has 0 heterocycles. The SMILES string of the molecule is O=C(COc1ccccc1C(=O)c1ccccc1C(=O)O)c1ccccc1Oc1ccccc1C(F)(F)F. The minimum atomic E-state index is -4.66. The fourth-order valence-corrected chi connectivity index (χ4v) is 3.71. The molecule has 0 saturated carbocycles. The summed E-state index contributed by atoms with van der Waals surface area (Å²) in [5, 5.41) is 9.42. The van der Waals surface area contributed by atoms with Crippen LogP contribution in [0.2, 0.25) is 0 Å². The summed E-state index contributed by atoms with van der Waals surface area (Å²) in [6, 6.07) is 22.1. The lowest BCUT2D eigenvalue weighted by molar-refractivity contribution is -0.138. The van der Waals surface area contributed by atoms with E-state index in [1.54, 1.807) is 12.1 Å². The smallest absolute Gasteiger partial charge is 0.419 e. The molecule has 0 radical (unpaired) electrons. The third-order valence-electron chi connectivity index (χ3n) is 5.49. The highest BCUT2D eigenvalue weighted by Crippen LogP contribution is 2.38. The number of carboxylic acids is 1. The second kappa shape index (κ2) is 11.0. The molecule has 0 aliphatic heterocycles. The standard InChI is InChI=1S/C29H19F3O6/c30-29(31,32)22-13-5-8-16-26(22)38-25-15-7-3-11-20(25)23(33)17-37-24-14-6-4-12-21(24)27(34)18-9-1-2-10-19(18)28(35)36/h1-16H,17H2,(H,35,36). The van der Waals surface area contributed by atoms with Crippen molar-refractivity contribution in [2.75, 3.05) is 6.61 Å². The summed E-state index contributed by atoms with van der Waals surface area (Å²) in [6.07, 6.45) is -4.66. The molecule has 6 nitrogen and oxygen atoms in total. The molecule has 1 N–H and O–H groups in total. The molecule has 0 aliphatic carbocycles. The first-order valence-corrected chi connectivity index (χ1v) is 11.2. The first-order chi connectivity index (χ1) is 18.2. The summed E-state index contributed by atoms with van der Waals surface area (Å²) in [7, 11) is 0. The van der Waals surface area contributed by atoms with Crippen LogP contribution in [0, 0.1) is 0 Å². The van der Waals surface area contributed by atoms with E-state index < -0.39 is 41.6 Å². The fourth-order valence-electron chi connectivity index (χ4n) is 3.71. The number of carbonyl (C=O) groups excluding carboxylic acids is 2. The second-order valence-electron chi connectivity index (χ2n) is 7.98. The van der Waals surface area contributed by atoms with E-state index >= 15 is 0 Å². The number of rotatable bonds is 9. The maximum Gasteiger partial charge on any atom is 0.419 e. The highest BCUT2D eigenvalue weighted by molar-refractivity contribution is 6.15. The normalized spacial score (nSPS) is 11.0. The lowest BCUT2D eigenvalue weighted by atomic mass is 9.98. The molecule has 0 amide bonds. The number of alkyl halides is 3. The molecule has 0 fully saturated rings. The Balaban J connectivity index is 1.57. The topological polar surface area (TPSA) is 89.9 Å². The predicted octanol–water partition coefficient (Wildman–Crippen LogP) is 6.69. The summed E-state index contributed by atoms with van der Waals surface area (Å²) in [5.74, 6) is -3.03. The van der Waals surface area contributed by atoms with Crippen molar-refractivity contribution in [3.05, 3.63) is 125 Å². The Morgan fingerprint density at radius 1 is 0.632 bits per heavy atom. The maximum absolute atomic E-state index is 13.4. The molecule has 0 bridgehead atoms. The molecule has 38 heavy (non-hydrogen) atoms. The zero-order chi connectivity index (χ0) is 27.3. The molecule has 9 heteroatoms. The third-order valence-corrected chi connectivity index (χ3v) is 5.49. The second-order valence-corrected chi connectivity index (χ2v) is 7.98. The van der Waals surface area contributed by atoms with Gasteiger partial charge in [-0.25, -0.2) is 4.79 Å². The molecule has 192 valence electrons. The minimum absolute atomic E-state index is 0.0236. The van der Waals surface area contributed by atoms with Crippen LogP contribution in [0.25, 0.3) is 0 Å². The molecule has 0 aliphatic rings. The Morgan fingerprint density at radius 2 is 1.13 bits per heavy atom. The molecule has 4 rings (SSSR count). The van der Waals surface area contributed by atoms with Gasteiger partial charge in [-0.1, -0.05) is 54.6 Å². The molecule has 0 atom stereocenters. The van der Waals surface area contributed by atoms with Gasteiger partial charge < -0.3 is 14.6 Å². The molecule has 0 aromatic heterocycles. The number of hydrogen-bond acceptors (Lipinski definition) is 5. The molecular formula is C29H19F3O6. The van der Waals surface area contributed by atoms with Crippen molar-refractivity contribution in [3.8, 4) is 17.2 Å². The van der Waals surface area contributed by atoms with E-state index in [1.165, 1.54) is 72.8 Å². The van der Waals surface area contributed by atoms with Crippen LogP contribution < -0.4 is 9.47 Å². The van der Waals surface area contributed by atoms with E-state index in [-0.39, 0.29) is 33.8 Å². The predicted molar refractivity (Wildman–Crippen MR) is 131 cm³/mol. The summed E-state index contributed by atoms with van der Waals surface area (Å²) in [4.78, 5) is 37.7. The Labute approximate surface area is 214 Å². The lowest BCUT2D eigenvalue weighted by Crippen LogP contribution is -2.15. The van der Waals surface area contributed by atoms with Gasteiger partial charge in [0.25, 0.3) is 0 Å². The van der Waals surface area contributed by atoms with Gasteiger partial charge >= 0.3 is 12.1 Å². The van der Waals surface area contributed by atoms with Crippen molar-refractivity contribution < 1.29 is 42.1 Å². The van der Waals surface area contributed by atoms with E-state index in [4.69, 9.17) is 9.47 Å². The van der Waals surface area contributed by atoms with Gasteiger partial charge in [0.2, 0.25) is 5.78 Å². The first kappa shape index (κ1) is 26.2. The Morgan fingerprint density at radius 3 is 1.76 bits per heavy atom. The number of para-hydroxylation sites is 3. The van der Waals surface area contributed by atoms with Gasteiger partial charge in [-0.05, 0) is 42.5 Å². The number of carboxylic acid groups (broad SMARTS) is 1. The molecule has 4 aromatic rings. The van der Waals surface area contributed by atoms with E-state index in [2.05, 4.69) is 0 Å². The third kappa shape index (κ3) is 5.73. The van der Waals surface area contributed by atoms with E-state index in [0.29, 0.717) is 0 Å². The summed E-state index contributed by atoms with van der Waals surface area (Å²) in [5.41, 5.74) is -1.22. The molecule has 0 unspecified atom stereocenters. The summed E-state index contributed by atoms with van der Waals surface area (Å²) >= 11 is 0. The number of ether oxygens (including phenoxy) is 2. The largest absolute Gasteiger partial charge is 0.485 e. The van der Waals surface area contributed by atoms with Crippen molar-refractivity contribution in [3.63, 3.8) is 0 Å². The fraction of sp³-hybridized carbons (Fsp3) is 0.0690. The monoisotopic (exact) mass is 520 g/mol. The van der Waals surface area contributed by atoms with Gasteiger partial charge in [0.05, 0.1) is 22.3 Å². The lowest BCUT2D eigenvalue weighted by Gasteiger charge is -2.16. The van der Waals surface area contributed by atoms with Gasteiger partial charge in [0, 0.05) is 5.56 Å². The average molecular weight is 520 g/mol. The van der Waals surface area contributed by atoms with Gasteiger partial charge in [0.15, 0.2) is 12.4 Å². The molecule has 0 spiro atoms. The van der Waals surface area contributed by atoms with Crippen LogP contribution in [0.15, 0.2) is 97.1 Å². The quantitative estimate of drug-likeness (QED) is 0.247. The van der Waals surface area contributed by atoms with E-state index in [1.807, 2.05) is 0 Å². The molecule has 0 saturated heterocycles. The van der Waals surface area contributed by atoms with Crippen LogP contribution in [0.3, 0.4) is 0 Å². The summed E-state index contributed by atoms with van der Waals surface area (Å²) in [6.45, 7) is -0.563. The van der Waals surface area contributed by atoms with Crippen LogP contribution in [-0.4, -0.2) is 29.2 Å². The van der Waals surface area contributed by atoms with Crippen LogP contribution >= 0.6 is 0 Å². The van der Waals surface area contributed by atoms with Gasteiger partial charge in [-0.3, -0.25) is 9.59 Å². The highest BCUT2D eigenvalue weighted by Gasteiger charge is 2.34. The van der Waals surface area contributed by atoms with Crippen LogP contribution in [-0.2, 0) is 6.18 Å². The van der Waals surface area contributed by atoms with Gasteiger partial charge in [-0.2, -0.15) is 13.2 Å². The van der Waals surface area contributed by atoms with Crippen LogP contribution in [0.1, 0.15) is 42.2 Å². The Kier molecular flexibility index (Phi) is 7.57. The van der Waals surface area contributed by atoms with Crippen LogP contribution in [0.4, 0.5) is 13.2 Å². The van der Waals surface area contributed by atoms with Crippen molar-refractivity contribution in [2.24, 2.45) is 0 Å². The van der Waals surface area contributed by atoms with Crippen LogP contribution in [0.5, 0.6) is 17.2 Å². The number of ketones is 2. The number of hydrogen-bond donors (Lipinski definition) is 1. The first-order valence-electron chi connectivity index (χ1n) is 11.2. The van der Waals surface area contributed by atoms with Crippen molar-refractivity contribution >= 4 is 17.5 Å². The number of halogens is 3. The number of carbonyl (C=O) groups is 3. The Hall–Kier alpha value is -4.92. The summed E-state index contributed by atoms with van der Waals surface area (Å²) < 4.78 is 51.3. The van der Waals surface area contributed by atoms with Gasteiger partial charge in [0.1, 0.15) is 17.2 Å².